The minimum Gasteiger partial charge on any atom is -0.307 e. The van der Waals surface area contributed by atoms with E-state index in [0.717, 1.165) is 51.4 Å². The first-order valence-electron chi connectivity index (χ1n) is 13.7. The molecule has 4 saturated carbocycles. The average molecular weight is 496 g/mol. The maximum Gasteiger partial charge on any atom is 0.228 e. The average Bonchev–Trinajstić information content (AvgIpc) is 3.18. The highest BCUT2D eigenvalue weighted by molar-refractivity contribution is 6.64. The molecule has 3 nitrogen and oxygen atoms in total. The van der Waals surface area contributed by atoms with Crippen molar-refractivity contribution in [3.63, 3.8) is 0 Å². The van der Waals surface area contributed by atoms with Gasteiger partial charge in [-0.3, -0.25) is 4.79 Å². The maximum atomic E-state index is 13.2. The second kappa shape index (κ2) is 7.56. The molecule has 9 atom stereocenters. The first-order chi connectivity index (χ1) is 16.2. The molecular formula is C31H42ClNO2. The minimum absolute atomic E-state index is 0.0248. The summed E-state index contributed by atoms with van der Waals surface area (Å²) in [4.78, 5) is 29.9. The molecule has 0 heterocycles. The van der Waals surface area contributed by atoms with E-state index >= 15 is 0 Å². The SMILES string of the molecule is [C-]#[N+]C1=C[C@]2(C)[C@H]3CC[C@@H]4[C@H]5[C@H](C(=C)C)CC[C@]5(C(=O)Cl)CC[C@@]4(C)[C@]3(C)CC[C@H]2C(C)(C)C1=O. The predicted molar refractivity (Wildman–Crippen MR) is 140 cm³/mol. The van der Waals surface area contributed by atoms with Crippen LogP contribution < -0.4 is 0 Å². The first kappa shape index (κ1) is 25.3. The summed E-state index contributed by atoms with van der Waals surface area (Å²) in [7, 11) is 0. The Morgan fingerprint density at radius 1 is 1.00 bits per heavy atom. The summed E-state index contributed by atoms with van der Waals surface area (Å²) in [5.74, 6) is 1.81. The lowest BCUT2D eigenvalue weighted by Gasteiger charge is -2.71. The van der Waals surface area contributed by atoms with E-state index in [0.29, 0.717) is 23.5 Å². The van der Waals surface area contributed by atoms with Crippen LogP contribution in [0, 0.1) is 63.2 Å². The number of hydrogen-bond acceptors (Lipinski definition) is 2. The summed E-state index contributed by atoms with van der Waals surface area (Å²) in [6.45, 7) is 25.8. The van der Waals surface area contributed by atoms with Crippen LogP contribution in [-0.2, 0) is 9.59 Å². The molecule has 0 spiro atoms. The molecule has 0 saturated heterocycles. The van der Waals surface area contributed by atoms with Gasteiger partial charge in [0.2, 0.25) is 10.9 Å². The predicted octanol–water partition coefficient (Wildman–Crippen LogP) is 8.00. The number of rotatable bonds is 2. The Bertz CT molecular complexity index is 1080. The number of nitrogens with zero attached hydrogens (tertiary/aromatic N) is 1. The monoisotopic (exact) mass is 495 g/mol. The van der Waals surface area contributed by atoms with Gasteiger partial charge in [-0.2, -0.15) is 0 Å². The van der Waals surface area contributed by atoms with Gasteiger partial charge in [0.25, 0.3) is 0 Å². The Morgan fingerprint density at radius 2 is 1.69 bits per heavy atom. The van der Waals surface area contributed by atoms with Crippen molar-refractivity contribution >= 4 is 22.6 Å². The van der Waals surface area contributed by atoms with Crippen LogP contribution in [0.3, 0.4) is 0 Å². The summed E-state index contributed by atoms with van der Waals surface area (Å²) < 4.78 is 0. The Morgan fingerprint density at radius 3 is 2.29 bits per heavy atom. The van der Waals surface area contributed by atoms with Crippen molar-refractivity contribution < 1.29 is 9.59 Å². The lowest BCUT2D eigenvalue weighted by molar-refractivity contribution is -0.216. The number of ketones is 1. The quantitative estimate of drug-likeness (QED) is 0.221. The molecule has 5 rings (SSSR count). The molecule has 0 aromatic rings. The highest BCUT2D eigenvalue weighted by Crippen LogP contribution is 2.77. The maximum absolute atomic E-state index is 13.2. The van der Waals surface area contributed by atoms with E-state index in [2.05, 4.69) is 59.0 Å². The van der Waals surface area contributed by atoms with Gasteiger partial charge in [0, 0.05) is 10.8 Å². The van der Waals surface area contributed by atoms with Gasteiger partial charge in [-0.25, -0.2) is 4.85 Å². The van der Waals surface area contributed by atoms with Crippen molar-refractivity contribution in [1.82, 2.24) is 0 Å². The van der Waals surface area contributed by atoms with Crippen molar-refractivity contribution in [3.05, 3.63) is 35.3 Å². The largest absolute Gasteiger partial charge is 0.307 e. The van der Waals surface area contributed by atoms with Crippen LogP contribution in [0.4, 0.5) is 0 Å². The molecule has 4 fully saturated rings. The molecule has 4 heteroatoms. The Hall–Kier alpha value is -1.40. The first-order valence-corrected chi connectivity index (χ1v) is 14.1. The van der Waals surface area contributed by atoms with Crippen molar-refractivity contribution in [2.24, 2.45) is 56.7 Å². The molecule has 0 aromatic heterocycles. The summed E-state index contributed by atoms with van der Waals surface area (Å²) in [6.07, 6.45) is 10.2. The molecular weight excluding hydrogens is 454 g/mol. The van der Waals surface area contributed by atoms with Gasteiger partial charge in [0.05, 0.1) is 6.57 Å². The zero-order chi connectivity index (χ0) is 25.8. The van der Waals surface area contributed by atoms with Crippen LogP contribution >= 0.6 is 11.6 Å². The zero-order valence-corrected chi connectivity index (χ0v) is 23.2. The van der Waals surface area contributed by atoms with E-state index in [4.69, 9.17) is 18.2 Å². The van der Waals surface area contributed by atoms with Gasteiger partial charge >= 0.3 is 0 Å². The van der Waals surface area contributed by atoms with E-state index in [9.17, 15) is 9.59 Å². The molecule has 0 aliphatic heterocycles. The van der Waals surface area contributed by atoms with Gasteiger partial charge in [-0.05, 0) is 116 Å². The fourth-order valence-corrected chi connectivity index (χ4v) is 11.4. The molecule has 0 N–H and O–H groups in total. The number of halogens is 1. The van der Waals surface area contributed by atoms with Crippen molar-refractivity contribution in [3.8, 4) is 0 Å². The highest BCUT2D eigenvalue weighted by atomic mass is 35.5. The number of fused-ring (bicyclic) bond motifs is 7. The smallest absolute Gasteiger partial charge is 0.228 e. The summed E-state index contributed by atoms with van der Waals surface area (Å²) in [6, 6.07) is 0. The van der Waals surface area contributed by atoms with Crippen LogP contribution in [0.15, 0.2) is 23.9 Å². The number of allylic oxidation sites excluding steroid dienone is 3. The lowest BCUT2D eigenvalue weighted by atomic mass is 9.33. The second-order valence-corrected chi connectivity index (χ2v) is 14.5. The van der Waals surface area contributed by atoms with Crippen molar-refractivity contribution in [2.45, 2.75) is 92.9 Å². The molecule has 0 amide bonds. The number of hydrogen-bond donors (Lipinski definition) is 0. The van der Waals surface area contributed by atoms with Gasteiger partial charge in [0.1, 0.15) is 0 Å². The van der Waals surface area contributed by atoms with Crippen LogP contribution in [0.2, 0.25) is 0 Å². The zero-order valence-electron chi connectivity index (χ0n) is 22.5. The fourth-order valence-electron chi connectivity index (χ4n) is 11.0. The van der Waals surface area contributed by atoms with E-state index in [1.54, 1.807) is 0 Å². The number of carbonyl (C=O) groups excluding carboxylic acids is 2. The van der Waals surface area contributed by atoms with Gasteiger partial charge in [-0.15, -0.1) is 0 Å². The standard InChI is InChI=1S/C31H42ClNO2/c1-18(2)19-11-14-31(26(32)35)16-15-29(6)20(24(19)31)9-10-23-28(5)17-21(33-8)25(34)27(3,4)22(28)12-13-30(23,29)7/h17,19-20,22-24H,1,9-16H2,2-7H3/t19-,20+,22-,23+,24+,28-,29+,30+,31-/m0/s1. The van der Waals surface area contributed by atoms with Gasteiger partial charge in [-0.1, -0.05) is 52.8 Å². The number of Topliss-reactive ketones (excluding diaryl/α,β-unsaturated/α-hetero) is 1. The Balaban J connectivity index is 1.62. The van der Waals surface area contributed by atoms with Gasteiger partial charge in [0.15, 0.2) is 5.78 Å². The fraction of sp³-hybridized carbons (Fsp3) is 0.774. The third-order valence-corrected chi connectivity index (χ3v) is 13.3. The third-order valence-electron chi connectivity index (χ3n) is 12.9. The topological polar surface area (TPSA) is 38.5 Å². The summed E-state index contributed by atoms with van der Waals surface area (Å²) in [5.41, 5.74) is 0.670. The normalized spacial score (nSPS) is 50.1. The van der Waals surface area contributed by atoms with Crippen molar-refractivity contribution in [1.29, 1.82) is 0 Å². The molecule has 0 aromatic carbocycles. The number of carbonyl (C=O) groups is 2. The molecule has 0 radical (unpaired) electrons. The summed E-state index contributed by atoms with van der Waals surface area (Å²) in [5, 5.41) is -0.117. The highest BCUT2D eigenvalue weighted by Gasteiger charge is 2.71. The van der Waals surface area contributed by atoms with E-state index in [1.165, 1.54) is 5.57 Å². The van der Waals surface area contributed by atoms with Crippen LogP contribution in [0.25, 0.3) is 4.85 Å². The van der Waals surface area contributed by atoms with Gasteiger partial charge < -0.3 is 4.79 Å². The van der Waals surface area contributed by atoms with Crippen LogP contribution in [0.5, 0.6) is 0 Å². The molecule has 0 bridgehead atoms. The molecule has 0 unspecified atom stereocenters. The Labute approximate surface area is 217 Å². The van der Waals surface area contributed by atoms with Crippen LogP contribution in [0.1, 0.15) is 92.9 Å². The molecule has 5 aliphatic rings. The van der Waals surface area contributed by atoms with Crippen molar-refractivity contribution in [2.75, 3.05) is 0 Å². The molecule has 35 heavy (non-hydrogen) atoms. The van der Waals surface area contributed by atoms with E-state index in [1.807, 2.05) is 0 Å². The molecule has 5 aliphatic carbocycles. The minimum atomic E-state index is -0.508. The summed E-state index contributed by atoms with van der Waals surface area (Å²) >= 11 is 6.42. The van der Waals surface area contributed by atoms with E-state index in [-0.39, 0.29) is 39.1 Å². The van der Waals surface area contributed by atoms with Crippen LogP contribution in [-0.4, -0.2) is 11.0 Å². The lowest BCUT2D eigenvalue weighted by Crippen LogP contribution is -2.66. The third kappa shape index (κ3) is 2.90. The second-order valence-electron chi connectivity index (χ2n) is 14.2. The Kier molecular flexibility index (Phi) is 5.46. The molecule has 190 valence electrons. The van der Waals surface area contributed by atoms with E-state index < -0.39 is 10.8 Å².